The lowest BCUT2D eigenvalue weighted by molar-refractivity contribution is -0.115. The zero-order valence-electron chi connectivity index (χ0n) is 10.3. The molecule has 0 spiro atoms. The van der Waals surface area contributed by atoms with Crippen LogP contribution in [0.3, 0.4) is 0 Å². The second-order valence-electron chi connectivity index (χ2n) is 5.18. The average molecular weight is 232 g/mol. The van der Waals surface area contributed by atoms with Gasteiger partial charge in [0, 0.05) is 0 Å². The second-order valence-corrected chi connectivity index (χ2v) is 5.18. The summed E-state index contributed by atoms with van der Waals surface area (Å²) in [5.41, 5.74) is 1.86. The van der Waals surface area contributed by atoms with E-state index in [1.807, 2.05) is 24.3 Å². The van der Waals surface area contributed by atoms with Gasteiger partial charge in [-0.05, 0) is 23.1 Å². The summed E-state index contributed by atoms with van der Waals surface area (Å²) in [4.78, 5) is 24.1. The smallest absolute Gasteiger partial charge is 0.328 e. The molecule has 1 heterocycles. The Kier molecular flexibility index (Phi) is 2.65. The molecule has 0 aromatic heterocycles. The number of urea groups is 1. The first-order valence-electron chi connectivity index (χ1n) is 5.61. The third-order valence-corrected chi connectivity index (χ3v) is 2.83. The predicted molar refractivity (Wildman–Crippen MR) is 66.0 cm³/mol. The maximum Gasteiger partial charge on any atom is 0.329 e. The van der Waals surface area contributed by atoms with Crippen molar-refractivity contribution < 1.29 is 9.59 Å². The van der Waals surface area contributed by atoms with Gasteiger partial charge in [0.1, 0.15) is 0 Å². The molecule has 4 nitrogen and oxygen atoms in total. The summed E-state index contributed by atoms with van der Waals surface area (Å²) in [6.45, 7) is 6.45. The van der Waals surface area contributed by atoms with Crippen LogP contribution in [-0.2, 0) is 10.2 Å². The predicted octanol–water partition coefficient (Wildman–Crippen LogP) is 2.04. The van der Waals surface area contributed by atoms with Gasteiger partial charge in [0.15, 0.2) is 0 Å². The average Bonchev–Trinajstić information content (AvgIpc) is 2.58. The van der Waals surface area contributed by atoms with Crippen LogP contribution in [0.1, 0.15) is 26.3 Å². The van der Waals surface area contributed by atoms with Gasteiger partial charge in [-0.15, -0.1) is 0 Å². The highest BCUT2D eigenvalue weighted by Crippen LogP contribution is 2.25. The van der Waals surface area contributed by atoms with Crippen molar-refractivity contribution in [3.8, 4) is 0 Å². The number of carbonyl (C=O) groups is 2. The molecule has 1 aliphatic rings. The monoisotopic (exact) mass is 232 g/mol. The molecule has 1 aromatic carbocycles. The van der Waals surface area contributed by atoms with E-state index in [-0.39, 0.29) is 23.9 Å². The fourth-order valence-corrected chi connectivity index (χ4v) is 1.79. The van der Waals surface area contributed by atoms with Crippen LogP contribution in [0.2, 0.25) is 0 Å². The van der Waals surface area contributed by atoms with E-state index in [0.29, 0.717) is 5.69 Å². The molecule has 1 aromatic rings. The highest BCUT2D eigenvalue weighted by Gasteiger charge is 2.29. The van der Waals surface area contributed by atoms with Crippen LogP contribution in [0.15, 0.2) is 24.3 Å². The molecule has 0 atom stereocenters. The quantitative estimate of drug-likeness (QED) is 0.753. The maximum atomic E-state index is 11.5. The number of anilines is 1. The molecular formula is C13H16N2O2. The summed E-state index contributed by atoms with van der Waals surface area (Å²) in [6.07, 6.45) is 0. The maximum absolute atomic E-state index is 11.5. The minimum atomic E-state index is -0.349. The van der Waals surface area contributed by atoms with Gasteiger partial charge >= 0.3 is 6.03 Å². The van der Waals surface area contributed by atoms with Crippen LogP contribution in [0.25, 0.3) is 0 Å². The van der Waals surface area contributed by atoms with Crippen molar-refractivity contribution >= 4 is 17.6 Å². The van der Waals surface area contributed by atoms with Crippen molar-refractivity contribution in [2.75, 3.05) is 11.4 Å². The van der Waals surface area contributed by atoms with E-state index in [1.54, 1.807) is 0 Å². The van der Waals surface area contributed by atoms with E-state index >= 15 is 0 Å². The minimum absolute atomic E-state index is 0.0653. The Balaban J connectivity index is 2.30. The summed E-state index contributed by atoms with van der Waals surface area (Å²) in [7, 11) is 0. The number of amides is 3. The van der Waals surface area contributed by atoms with Crippen LogP contribution >= 0.6 is 0 Å². The van der Waals surface area contributed by atoms with Crippen LogP contribution in [0.4, 0.5) is 10.5 Å². The fraction of sp³-hybridized carbons (Fsp3) is 0.385. The lowest BCUT2D eigenvalue weighted by atomic mass is 9.87. The second kappa shape index (κ2) is 3.87. The van der Waals surface area contributed by atoms with Crippen molar-refractivity contribution in [1.82, 2.24) is 5.32 Å². The minimum Gasteiger partial charge on any atom is -0.328 e. The molecular weight excluding hydrogens is 216 g/mol. The van der Waals surface area contributed by atoms with Gasteiger partial charge in [0.2, 0.25) is 0 Å². The molecule has 0 aliphatic carbocycles. The summed E-state index contributed by atoms with van der Waals surface area (Å²) >= 11 is 0. The first-order chi connectivity index (χ1) is 7.89. The fourth-order valence-electron chi connectivity index (χ4n) is 1.79. The largest absolute Gasteiger partial charge is 0.329 e. The Morgan fingerprint density at radius 1 is 1.12 bits per heavy atom. The molecule has 0 radical (unpaired) electrons. The van der Waals surface area contributed by atoms with Gasteiger partial charge in [-0.1, -0.05) is 32.9 Å². The molecule has 90 valence electrons. The third-order valence-electron chi connectivity index (χ3n) is 2.83. The topological polar surface area (TPSA) is 49.4 Å². The van der Waals surface area contributed by atoms with Gasteiger partial charge in [0.05, 0.1) is 12.2 Å². The Morgan fingerprint density at radius 3 is 2.12 bits per heavy atom. The van der Waals surface area contributed by atoms with E-state index < -0.39 is 0 Å². The lowest BCUT2D eigenvalue weighted by Crippen LogP contribution is -2.30. The number of benzene rings is 1. The van der Waals surface area contributed by atoms with Crippen molar-refractivity contribution in [3.05, 3.63) is 29.8 Å². The van der Waals surface area contributed by atoms with Crippen molar-refractivity contribution in [1.29, 1.82) is 0 Å². The molecule has 1 aliphatic heterocycles. The van der Waals surface area contributed by atoms with Crippen molar-refractivity contribution in [2.24, 2.45) is 0 Å². The van der Waals surface area contributed by atoms with Gasteiger partial charge in [-0.2, -0.15) is 0 Å². The molecule has 0 bridgehead atoms. The summed E-state index contributed by atoms with van der Waals surface area (Å²) < 4.78 is 0. The molecule has 17 heavy (non-hydrogen) atoms. The number of hydrogen-bond acceptors (Lipinski definition) is 2. The van der Waals surface area contributed by atoms with Crippen molar-refractivity contribution in [2.45, 2.75) is 26.2 Å². The molecule has 4 heteroatoms. The first kappa shape index (κ1) is 11.6. The van der Waals surface area contributed by atoms with Crippen LogP contribution in [-0.4, -0.2) is 18.5 Å². The molecule has 2 rings (SSSR count). The number of nitrogens with one attached hydrogen (secondary N) is 1. The first-order valence-corrected chi connectivity index (χ1v) is 5.61. The molecule has 3 amide bonds. The number of imide groups is 1. The summed E-state index contributed by atoms with van der Waals surface area (Å²) in [5, 5.41) is 2.50. The zero-order chi connectivity index (χ0) is 12.6. The number of rotatable bonds is 1. The Hall–Kier alpha value is -1.84. The number of nitrogens with zero attached hydrogens (tertiary/aromatic N) is 1. The number of hydrogen-bond donors (Lipinski definition) is 1. The van der Waals surface area contributed by atoms with E-state index in [0.717, 1.165) is 0 Å². The highest BCUT2D eigenvalue weighted by atomic mass is 16.2. The van der Waals surface area contributed by atoms with Crippen LogP contribution in [0.5, 0.6) is 0 Å². The Morgan fingerprint density at radius 2 is 1.71 bits per heavy atom. The molecule has 1 fully saturated rings. The van der Waals surface area contributed by atoms with Crippen LogP contribution < -0.4 is 10.2 Å². The SMILES string of the molecule is CC(C)(C)c1ccc(N2C(=O)CNC2=O)cc1. The summed E-state index contributed by atoms with van der Waals surface area (Å²) in [5.74, 6) is -0.210. The Labute approximate surface area is 101 Å². The lowest BCUT2D eigenvalue weighted by Gasteiger charge is -2.20. The zero-order valence-corrected chi connectivity index (χ0v) is 10.3. The normalized spacial score (nSPS) is 16.3. The van der Waals surface area contributed by atoms with E-state index in [1.165, 1.54) is 10.5 Å². The number of carbonyl (C=O) groups excluding carboxylic acids is 2. The standard InChI is InChI=1S/C13H16N2O2/c1-13(2,3)9-4-6-10(7-5-9)15-11(16)8-14-12(15)17/h4-7H,8H2,1-3H3,(H,14,17). The van der Waals surface area contributed by atoms with E-state index in [9.17, 15) is 9.59 Å². The summed E-state index contributed by atoms with van der Waals surface area (Å²) in [6, 6.07) is 7.17. The van der Waals surface area contributed by atoms with E-state index in [4.69, 9.17) is 0 Å². The van der Waals surface area contributed by atoms with Gasteiger partial charge in [-0.25, -0.2) is 9.69 Å². The molecule has 0 unspecified atom stereocenters. The molecule has 1 saturated heterocycles. The third kappa shape index (κ3) is 2.16. The highest BCUT2D eigenvalue weighted by molar-refractivity contribution is 6.19. The molecule has 0 saturated carbocycles. The van der Waals surface area contributed by atoms with Gasteiger partial charge in [0.25, 0.3) is 5.91 Å². The van der Waals surface area contributed by atoms with Crippen molar-refractivity contribution in [3.63, 3.8) is 0 Å². The van der Waals surface area contributed by atoms with E-state index in [2.05, 4.69) is 26.1 Å². The Bertz CT molecular complexity index is 441. The van der Waals surface area contributed by atoms with Gasteiger partial charge < -0.3 is 5.32 Å². The van der Waals surface area contributed by atoms with Crippen LogP contribution in [0, 0.1) is 0 Å². The van der Waals surface area contributed by atoms with Gasteiger partial charge in [-0.3, -0.25) is 4.79 Å². The molecule has 1 N–H and O–H groups in total.